The van der Waals surface area contributed by atoms with Gasteiger partial charge < -0.3 is 10.0 Å². The molecule has 25 heavy (non-hydrogen) atoms. The van der Waals surface area contributed by atoms with Crippen LogP contribution in [0.4, 0.5) is 17.6 Å². The number of aromatic nitrogens is 1. The van der Waals surface area contributed by atoms with Crippen molar-refractivity contribution < 1.29 is 27.5 Å². The molecule has 0 radical (unpaired) electrons. The number of carbonyl (C=O) groups excluding carboxylic acids is 1. The summed E-state index contributed by atoms with van der Waals surface area (Å²) in [6.07, 6.45) is -3.19. The Hall–Kier alpha value is -2.48. The summed E-state index contributed by atoms with van der Waals surface area (Å²) >= 11 is 0. The van der Waals surface area contributed by atoms with Gasteiger partial charge in [0.25, 0.3) is 5.91 Å². The minimum absolute atomic E-state index is 0.0818. The second-order valence-corrected chi connectivity index (χ2v) is 5.84. The predicted octanol–water partition coefficient (Wildman–Crippen LogP) is 3.19. The Bertz CT molecular complexity index is 794. The lowest BCUT2D eigenvalue weighted by atomic mass is 10.0. The van der Waals surface area contributed by atoms with Crippen LogP contribution in [0.5, 0.6) is 0 Å². The van der Waals surface area contributed by atoms with Gasteiger partial charge in [-0.15, -0.1) is 0 Å². The van der Waals surface area contributed by atoms with Crippen LogP contribution < -0.4 is 0 Å². The molecular weight excluding hydrogens is 340 g/mol. The molecule has 2 heterocycles. The van der Waals surface area contributed by atoms with E-state index in [4.69, 9.17) is 0 Å². The Morgan fingerprint density at radius 1 is 1.28 bits per heavy atom. The number of amides is 1. The molecule has 1 aromatic heterocycles. The van der Waals surface area contributed by atoms with E-state index in [0.717, 1.165) is 18.3 Å². The Morgan fingerprint density at radius 2 is 2.04 bits per heavy atom. The van der Waals surface area contributed by atoms with Crippen molar-refractivity contribution in [2.24, 2.45) is 0 Å². The van der Waals surface area contributed by atoms with Gasteiger partial charge in [-0.2, -0.15) is 13.2 Å². The molecule has 132 valence electrons. The summed E-state index contributed by atoms with van der Waals surface area (Å²) in [5.41, 5.74) is -0.829. The smallest absolute Gasteiger partial charge is 0.391 e. The molecule has 0 saturated carbocycles. The minimum Gasteiger partial charge on any atom is -0.391 e. The molecule has 2 aromatic rings. The molecule has 8 heteroatoms. The van der Waals surface area contributed by atoms with Gasteiger partial charge in [0.05, 0.1) is 29.5 Å². The summed E-state index contributed by atoms with van der Waals surface area (Å²) in [5, 5.41) is 9.90. The van der Waals surface area contributed by atoms with Crippen LogP contribution >= 0.6 is 0 Å². The van der Waals surface area contributed by atoms with Gasteiger partial charge in [0.1, 0.15) is 0 Å². The molecule has 1 aliphatic heterocycles. The fourth-order valence-electron chi connectivity index (χ4n) is 2.98. The van der Waals surface area contributed by atoms with E-state index >= 15 is 0 Å². The summed E-state index contributed by atoms with van der Waals surface area (Å²) in [4.78, 5) is 17.4. The minimum atomic E-state index is -4.51. The Kier molecular flexibility index (Phi) is 4.47. The maximum absolute atomic E-state index is 13.8. The molecule has 1 saturated heterocycles. The number of halogens is 4. The van der Waals surface area contributed by atoms with E-state index < -0.39 is 35.6 Å². The molecule has 4 nitrogen and oxygen atoms in total. The van der Waals surface area contributed by atoms with Crippen LogP contribution in [-0.4, -0.2) is 33.5 Å². The zero-order valence-corrected chi connectivity index (χ0v) is 12.9. The van der Waals surface area contributed by atoms with Crippen molar-refractivity contribution in [2.75, 3.05) is 6.54 Å². The van der Waals surface area contributed by atoms with Crippen LogP contribution in [0.25, 0.3) is 0 Å². The number of carbonyl (C=O) groups is 1. The number of aliphatic hydroxyl groups excluding tert-OH is 1. The first-order chi connectivity index (χ1) is 11.8. The van der Waals surface area contributed by atoms with Crippen LogP contribution in [0.3, 0.4) is 0 Å². The highest BCUT2D eigenvalue weighted by Crippen LogP contribution is 2.37. The SMILES string of the molecule is O=C(c1ccncc1F)N1C[C@H](O)C[C@@H]1c1cccc(C(F)(F)F)c1. The van der Waals surface area contributed by atoms with Crippen LogP contribution in [0.1, 0.15) is 33.9 Å². The van der Waals surface area contributed by atoms with Crippen molar-refractivity contribution >= 4 is 5.91 Å². The van der Waals surface area contributed by atoms with Crippen molar-refractivity contribution in [1.29, 1.82) is 0 Å². The molecule has 3 rings (SSSR count). The van der Waals surface area contributed by atoms with E-state index in [1.165, 1.54) is 29.3 Å². The number of hydrogen-bond donors (Lipinski definition) is 1. The Balaban J connectivity index is 1.95. The highest BCUT2D eigenvalue weighted by atomic mass is 19.4. The zero-order chi connectivity index (χ0) is 18.2. The number of nitrogens with zero attached hydrogens (tertiary/aromatic N) is 2. The van der Waals surface area contributed by atoms with Gasteiger partial charge in [-0.3, -0.25) is 9.78 Å². The standard InChI is InChI=1S/C17H14F4N2O2/c18-14-8-22-5-4-13(14)16(25)23-9-12(24)7-15(23)10-2-1-3-11(6-10)17(19,20)21/h1-6,8,12,15,24H,7,9H2/t12-,15-/m1/s1. The number of hydrogen-bond acceptors (Lipinski definition) is 3. The van der Waals surface area contributed by atoms with Crippen LogP contribution in [0.15, 0.2) is 42.7 Å². The molecule has 1 fully saturated rings. The summed E-state index contributed by atoms with van der Waals surface area (Å²) in [6, 6.07) is 5.03. The number of alkyl halides is 3. The average molecular weight is 354 g/mol. The van der Waals surface area contributed by atoms with Crippen LogP contribution in [0, 0.1) is 5.82 Å². The van der Waals surface area contributed by atoms with Gasteiger partial charge in [0.2, 0.25) is 0 Å². The topological polar surface area (TPSA) is 53.4 Å². The maximum atomic E-state index is 13.8. The highest BCUT2D eigenvalue weighted by Gasteiger charge is 2.38. The third-order valence-electron chi connectivity index (χ3n) is 4.14. The fourth-order valence-corrected chi connectivity index (χ4v) is 2.98. The third kappa shape index (κ3) is 3.48. The summed E-state index contributed by atoms with van der Waals surface area (Å²) in [7, 11) is 0. The number of β-amino-alcohol motifs (C(OH)–C–C–N with tert-alkyl or cyclic N) is 1. The summed E-state index contributed by atoms with van der Waals surface area (Å²) in [6.45, 7) is -0.0818. The van der Waals surface area contributed by atoms with E-state index in [0.29, 0.717) is 0 Å². The molecule has 0 spiro atoms. The summed E-state index contributed by atoms with van der Waals surface area (Å²) in [5.74, 6) is -1.52. The quantitative estimate of drug-likeness (QED) is 0.843. The number of likely N-dealkylation sites (tertiary alicyclic amines) is 1. The monoisotopic (exact) mass is 354 g/mol. The number of benzene rings is 1. The molecule has 1 N–H and O–H groups in total. The number of aliphatic hydroxyl groups is 1. The third-order valence-corrected chi connectivity index (χ3v) is 4.14. The summed E-state index contributed by atoms with van der Waals surface area (Å²) < 4.78 is 52.6. The number of rotatable bonds is 2. The zero-order valence-electron chi connectivity index (χ0n) is 12.9. The second-order valence-electron chi connectivity index (χ2n) is 5.84. The lowest BCUT2D eigenvalue weighted by Gasteiger charge is -2.25. The van der Waals surface area contributed by atoms with Gasteiger partial charge in [0, 0.05) is 12.7 Å². The molecule has 1 amide bonds. The first kappa shape index (κ1) is 17.3. The molecular formula is C17H14F4N2O2. The first-order valence-corrected chi connectivity index (χ1v) is 7.53. The first-order valence-electron chi connectivity index (χ1n) is 7.53. The van der Waals surface area contributed by atoms with Gasteiger partial charge in [0.15, 0.2) is 5.82 Å². The number of pyridine rings is 1. The normalized spacial score (nSPS) is 20.8. The van der Waals surface area contributed by atoms with Gasteiger partial charge in [-0.05, 0) is 30.2 Å². The van der Waals surface area contributed by atoms with Gasteiger partial charge in [-0.1, -0.05) is 12.1 Å². The van der Waals surface area contributed by atoms with Gasteiger partial charge in [-0.25, -0.2) is 4.39 Å². The molecule has 2 atom stereocenters. The Morgan fingerprint density at radius 3 is 2.72 bits per heavy atom. The predicted molar refractivity (Wildman–Crippen MR) is 80.0 cm³/mol. The van der Waals surface area contributed by atoms with Crippen molar-refractivity contribution in [3.63, 3.8) is 0 Å². The molecule has 0 aliphatic carbocycles. The lowest BCUT2D eigenvalue weighted by Crippen LogP contribution is -2.32. The fraction of sp³-hybridized carbons (Fsp3) is 0.294. The van der Waals surface area contributed by atoms with Crippen LogP contribution in [-0.2, 0) is 6.18 Å². The van der Waals surface area contributed by atoms with Crippen molar-refractivity contribution in [2.45, 2.75) is 24.7 Å². The second kappa shape index (κ2) is 6.44. The van der Waals surface area contributed by atoms with E-state index in [1.54, 1.807) is 0 Å². The Labute approximate surface area is 140 Å². The molecule has 0 bridgehead atoms. The average Bonchev–Trinajstić information content (AvgIpc) is 2.96. The van der Waals surface area contributed by atoms with E-state index in [9.17, 15) is 27.5 Å². The highest BCUT2D eigenvalue weighted by molar-refractivity contribution is 5.94. The van der Waals surface area contributed by atoms with E-state index in [2.05, 4.69) is 4.98 Å². The van der Waals surface area contributed by atoms with Gasteiger partial charge >= 0.3 is 6.18 Å². The van der Waals surface area contributed by atoms with Crippen molar-refractivity contribution in [1.82, 2.24) is 9.88 Å². The largest absolute Gasteiger partial charge is 0.416 e. The van der Waals surface area contributed by atoms with Crippen molar-refractivity contribution in [3.05, 3.63) is 65.2 Å². The van der Waals surface area contributed by atoms with E-state index in [-0.39, 0.29) is 24.1 Å². The molecule has 1 aliphatic rings. The molecule has 0 unspecified atom stereocenters. The van der Waals surface area contributed by atoms with E-state index in [1.807, 2.05) is 0 Å². The molecule has 1 aromatic carbocycles. The maximum Gasteiger partial charge on any atom is 0.416 e. The van der Waals surface area contributed by atoms with Crippen LogP contribution in [0.2, 0.25) is 0 Å². The van der Waals surface area contributed by atoms with Crippen molar-refractivity contribution in [3.8, 4) is 0 Å². The lowest BCUT2D eigenvalue weighted by molar-refractivity contribution is -0.137.